The van der Waals surface area contributed by atoms with Crippen LogP contribution in [0.4, 0.5) is 0 Å². The van der Waals surface area contributed by atoms with Gasteiger partial charge in [-0.25, -0.2) is 4.99 Å². The molecule has 1 fully saturated rings. The van der Waals surface area contributed by atoms with Crippen LogP contribution in [-0.2, 0) is 0 Å². The van der Waals surface area contributed by atoms with Crippen LogP contribution in [0.5, 0.6) is 0 Å². The first-order valence-electron chi connectivity index (χ1n) is 6.05. The van der Waals surface area contributed by atoms with Crippen molar-refractivity contribution in [2.45, 2.75) is 25.3 Å². The van der Waals surface area contributed by atoms with Gasteiger partial charge in [0, 0.05) is 6.04 Å². The SMILES string of the molecule is C=C(CN=C(N)NC1CCC1)c1ccccc1. The highest BCUT2D eigenvalue weighted by Crippen LogP contribution is 2.17. The summed E-state index contributed by atoms with van der Waals surface area (Å²) in [5.74, 6) is 0.534. The second-order valence-corrected chi connectivity index (χ2v) is 4.44. The maximum atomic E-state index is 5.81. The smallest absolute Gasteiger partial charge is 0.189 e. The van der Waals surface area contributed by atoms with Crippen LogP contribution in [0.15, 0.2) is 41.9 Å². The minimum Gasteiger partial charge on any atom is -0.370 e. The molecule has 0 radical (unpaired) electrons. The average molecular weight is 229 g/mol. The Labute approximate surface area is 102 Å². The summed E-state index contributed by atoms with van der Waals surface area (Å²) in [6, 6.07) is 10.6. The lowest BCUT2D eigenvalue weighted by atomic mass is 9.93. The molecule has 3 nitrogen and oxygen atoms in total. The van der Waals surface area contributed by atoms with Crippen LogP contribution in [-0.4, -0.2) is 18.5 Å². The lowest BCUT2D eigenvalue weighted by Crippen LogP contribution is -2.43. The van der Waals surface area contributed by atoms with E-state index in [1.807, 2.05) is 30.3 Å². The van der Waals surface area contributed by atoms with Crippen molar-refractivity contribution in [3.8, 4) is 0 Å². The van der Waals surface area contributed by atoms with E-state index >= 15 is 0 Å². The number of hydrogen-bond acceptors (Lipinski definition) is 1. The molecule has 0 saturated heterocycles. The van der Waals surface area contributed by atoms with Gasteiger partial charge in [0.2, 0.25) is 0 Å². The molecule has 1 saturated carbocycles. The van der Waals surface area contributed by atoms with Crippen LogP contribution in [0.25, 0.3) is 5.57 Å². The maximum Gasteiger partial charge on any atom is 0.189 e. The van der Waals surface area contributed by atoms with E-state index in [1.54, 1.807) is 0 Å². The predicted molar refractivity (Wildman–Crippen MR) is 72.7 cm³/mol. The van der Waals surface area contributed by atoms with Crippen LogP contribution >= 0.6 is 0 Å². The van der Waals surface area contributed by atoms with E-state index in [1.165, 1.54) is 19.3 Å². The highest BCUT2D eigenvalue weighted by molar-refractivity contribution is 5.79. The Balaban J connectivity index is 1.84. The predicted octanol–water partition coefficient (Wildman–Crippen LogP) is 2.16. The van der Waals surface area contributed by atoms with E-state index in [0.717, 1.165) is 11.1 Å². The van der Waals surface area contributed by atoms with Crippen molar-refractivity contribution >= 4 is 11.5 Å². The lowest BCUT2D eigenvalue weighted by Gasteiger charge is -2.26. The summed E-state index contributed by atoms with van der Waals surface area (Å²) < 4.78 is 0. The molecular formula is C14H19N3. The van der Waals surface area contributed by atoms with Crippen molar-refractivity contribution in [1.82, 2.24) is 5.32 Å². The van der Waals surface area contributed by atoms with Gasteiger partial charge < -0.3 is 11.1 Å². The highest BCUT2D eigenvalue weighted by atomic mass is 15.1. The molecule has 1 aromatic rings. The fraction of sp³-hybridized carbons (Fsp3) is 0.357. The third-order valence-corrected chi connectivity index (χ3v) is 3.08. The molecule has 0 bridgehead atoms. The molecule has 0 heterocycles. The van der Waals surface area contributed by atoms with Gasteiger partial charge in [-0.3, -0.25) is 0 Å². The monoisotopic (exact) mass is 229 g/mol. The summed E-state index contributed by atoms with van der Waals surface area (Å²) in [6.45, 7) is 4.57. The number of hydrogen-bond donors (Lipinski definition) is 2. The Morgan fingerprint density at radius 3 is 2.65 bits per heavy atom. The average Bonchev–Trinajstić information content (AvgIpc) is 2.32. The summed E-state index contributed by atoms with van der Waals surface area (Å²) >= 11 is 0. The van der Waals surface area contributed by atoms with Crippen LogP contribution in [0.3, 0.4) is 0 Å². The third kappa shape index (κ3) is 3.34. The van der Waals surface area contributed by atoms with Crippen LogP contribution in [0.2, 0.25) is 0 Å². The zero-order valence-electron chi connectivity index (χ0n) is 10.0. The first kappa shape index (κ1) is 11.7. The number of nitrogens with two attached hydrogens (primary N) is 1. The van der Waals surface area contributed by atoms with Crippen molar-refractivity contribution < 1.29 is 0 Å². The number of nitrogens with zero attached hydrogens (tertiary/aromatic N) is 1. The van der Waals surface area contributed by atoms with Crippen LogP contribution in [0.1, 0.15) is 24.8 Å². The van der Waals surface area contributed by atoms with E-state index in [2.05, 4.69) is 16.9 Å². The molecule has 0 atom stereocenters. The van der Waals surface area contributed by atoms with Gasteiger partial charge >= 0.3 is 0 Å². The molecule has 0 aromatic heterocycles. The summed E-state index contributed by atoms with van der Waals surface area (Å²) in [5, 5.41) is 3.21. The van der Waals surface area contributed by atoms with Gasteiger partial charge in [0.15, 0.2) is 5.96 Å². The third-order valence-electron chi connectivity index (χ3n) is 3.08. The van der Waals surface area contributed by atoms with Crippen LogP contribution < -0.4 is 11.1 Å². The Hall–Kier alpha value is -1.77. The molecule has 0 spiro atoms. The van der Waals surface area contributed by atoms with Gasteiger partial charge in [-0.15, -0.1) is 0 Å². The van der Waals surface area contributed by atoms with Crippen molar-refractivity contribution in [1.29, 1.82) is 0 Å². The van der Waals surface area contributed by atoms with Crippen molar-refractivity contribution in [2.75, 3.05) is 6.54 Å². The molecule has 3 N–H and O–H groups in total. The van der Waals surface area contributed by atoms with Crippen molar-refractivity contribution in [3.63, 3.8) is 0 Å². The van der Waals surface area contributed by atoms with Gasteiger partial charge in [-0.2, -0.15) is 0 Å². The zero-order chi connectivity index (χ0) is 12.1. The van der Waals surface area contributed by atoms with Gasteiger partial charge in [0.1, 0.15) is 0 Å². The van der Waals surface area contributed by atoms with E-state index in [9.17, 15) is 0 Å². The maximum absolute atomic E-state index is 5.81. The fourth-order valence-corrected chi connectivity index (χ4v) is 1.75. The van der Waals surface area contributed by atoms with E-state index in [-0.39, 0.29) is 0 Å². The number of rotatable bonds is 4. The second kappa shape index (κ2) is 5.53. The van der Waals surface area contributed by atoms with Gasteiger partial charge in [-0.1, -0.05) is 36.9 Å². The molecule has 1 aromatic carbocycles. The molecule has 1 aliphatic carbocycles. The Morgan fingerprint density at radius 1 is 1.35 bits per heavy atom. The zero-order valence-corrected chi connectivity index (χ0v) is 10.0. The molecule has 3 heteroatoms. The summed E-state index contributed by atoms with van der Waals surface area (Å²) in [5.41, 5.74) is 7.92. The number of benzene rings is 1. The molecule has 0 unspecified atom stereocenters. The first-order valence-corrected chi connectivity index (χ1v) is 6.05. The minimum atomic E-state index is 0.531. The normalized spacial score (nSPS) is 16.4. The molecule has 17 heavy (non-hydrogen) atoms. The molecule has 0 aliphatic heterocycles. The summed E-state index contributed by atoms with van der Waals surface area (Å²) in [4.78, 5) is 4.31. The Kier molecular flexibility index (Phi) is 3.81. The molecule has 90 valence electrons. The summed E-state index contributed by atoms with van der Waals surface area (Å²) in [7, 11) is 0. The highest BCUT2D eigenvalue weighted by Gasteiger charge is 2.17. The number of nitrogens with one attached hydrogen (secondary N) is 1. The topological polar surface area (TPSA) is 50.4 Å². The van der Waals surface area contributed by atoms with E-state index in [4.69, 9.17) is 5.73 Å². The second-order valence-electron chi connectivity index (χ2n) is 4.44. The summed E-state index contributed by atoms with van der Waals surface area (Å²) in [6.07, 6.45) is 3.70. The number of guanidine groups is 1. The van der Waals surface area contributed by atoms with E-state index < -0.39 is 0 Å². The first-order chi connectivity index (χ1) is 8.25. The molecule has 1 aliphatic rings. The van der Waals surface area contributed by atoms with E-state index in [0.29, 0.717) is 18.5 Å². The van der Waals surface area contributed by atoms with Gasteiger partial charge in [0.25, 0.3) is 0 Å². The standard InChI is InChI=1S/C14H19N3/c1-11(12-6-3-2-4-7-12)10-16-14(15)17-13-8-5-9-13/h2-4,6-7,13H,1,5,8-10H2,(H3,15,16,17). The van der Waals surface area contributed by atoms with Crippen LogP contribution in [0, 0.1) is 0 Å². The number of aliphatic imine (C=N–C) groups is 1. The minimum absolute atomic E-state index is 0.531. The lowest BCUT2D eigenvalue weighted by molar-refractivity contribution is 0.382. The van der Waals surface area contributed by atoms with Crippen molar-refractivity contribution in [2.24, 2.45) is 10.7 Å². The largest absolute Gasteiger partial charge is 0.370 e. The van der Waals surface area contributed by atoms with Gasteiger partial charge in [0.05, 0.1) is 6.54 Å². The van der Waals surface area contributed by atoms with Crippen molar-refractivity contribution in [3.05, 3.63) is 42.5 Å². The van der Waals surface area contributed by atoms with Gasteiger partial charge in [-0.05, 0) is 30.4 Å². The quantitative estimate of drug-likeness (QED) is 0.614. The molecule has 0 amide bonds. The Morgan fingerprint density at radius 2 is 2.06 bits per heavy atom. The molecular weight excluding hydrogens is 210 g/mol. The fourth-order valence-electron chi connectivity index (χ4n) is 1.75. The molecule has 2 rings (SSSR count). The Bertz CT molecular complexity index is 405.